The van der Waals surface area contributed by atoms with Crippen molar-refractivity contribution in [1.82, 2.24) is 15.2 Å². The summed E-state index contributed by atoms with van der Waals surface area (Å²) < 4.78 is 6.84. The van der Waals surface area contributed by atoms with Gasteiger partial charge in [-0.1, -0.05) is 36.4 Å². The minimum Gasteiger partial charge on any atom is -0.448 e. The number of benzene rings is 2. The van der Waals surface area contributed by atoms with E-state index in [1.165, 1.54) is 5.56 Å². The predicted octanol–water partition coefficient (Wildman–Crippen LogP) is 4.55. The average molecular weight is 391 g/mol. The highest BCUT2D eigenvalue weighted by Gasteiger charge is 2.14. The van der Waals surface area contributed by atoms with Gasteiger partial charge in [0.05, 0.1) is 10.2 Å². The van der Waals surface area contributed by atoms with E-state index in [1.807, 2.05) is 50.5 Å². The SMILES string of the molecule is CN(C)Cc1ccc(CNC(=O)c2ccc(-c3nc4ccccc4s3)o2)cc1. The Morgan fingerprint density at radius 3 is 2.54 bits per heavy atom. The van der Waals surface area contributed by atoms with E-state index in [0.717, 1.165) is 27.3 Å². The molecule has 0 atom stereocenters. The zero-order valence-corrected chi connectivity index (χ0v) is 16.6. The molecule has 0 aliphatic rings. The number of hydrogen-bond donors (Lipinski definition) is 1. The molecule has 0 bridgehead atoms. The van der Waals surface area contributed by atoms with E-state index in [2.05, 4.69) is 27.3 Å². The van der Waals surface area contributed by atoms with Gasteiger partial charge in [-0.3, -0.25) is 4.79 Å². The lowest BCUT2D eigenvalue weighted by molar-refractivity contribution is 0.0924. The molecule has 0 saturated carbocycles. The van der Waals surface area contributed by atoms with Gasteiger partial charge in [0.25, 0.3) is 5.91 Å². The summed E-state index contributed by atoms with van der Waals surface area (Å²) in [5, 5.41) is 3.68. The molecule has 0 aliphatic heterocycles. The summed E-state index contributed by atoms with van der Waals surface area (Å²) >= 11 is 1.55. The van der Waals surface area contributed by atoms with E-state index in [1.54, 1.807) is 23.5 Å². The second-order valence-corrected chi connectivity index (χ2v) is 7.92. The first-order valence-electron chi connectivity index (χ1n) is 9.05. The molecule has 0 radical (unpaired) electrons. The smallest absolute Gasteiger partial charge is 0.287 e. The Labute approximate surface area is 167 Å². The third-order valence-corrected chi connectivity index (χ3v) is 5.36. The summed E-state index contributed by atoms with van der Waals surface area (Å²) in [5.41, 5.74) is 3.23. The minimum absolute atomic E-state index is 0.232. The molecule has 0 unspecified atom stereocenters. The highest BCUT2D eigenvalue weighted by Crippen LogP contribution is 2.31. The van der Waals surface area contributed by atoms with Gasteiger partial charge >= 0.3 is 0 Å². The number of rotatable bonds is 6. The maximum absolute atomic E-state index is 12.4. The number of carbonyl (C=O) groups is 1. The van der Waals surface area contributed by atoms with Gasteiger partial charge in [0.15, 0.2) is 16.5 Å². The molecule has 2 aromatic carbocycles. The summed E-state index contributed by atoms with van der Waals surface area (Å²) in [6.45, 7) is 1.35. The first-order chi connectivity index (χ1) is 13.6. The van der Waals surface area contributed by atoms with E-state index in [-0.39, 0.29) is 5.91 Å². The van der Waals surface area contributed by atoms with Crippen LogP contribution in [-0.4, -0.2) is 29.9 Å². The predicted molar refractivity (Wildman–Crippen MR) is 112 cm³/mol. The van der Waals surface area contributed by atoms with Crippen LogP contribution in [0.25, 0.3) is 21.0 Å². The Balaban J connectivity index is 1.40. The van der Waals surface area contributed by atoms with Gasteiger partial charge in [0.2, 0.25) is 0 Å². The van der Waals surface area contributed by atoms with Crippen LogP contribution in [0.1, 0.15) is 21.7 Å². The van der Waals surface area contributed by atoms with Crippen LogP contribution in [0.15, 0.2) is 65.1 Å². The van der Waals surface area contributed by atoms with E-state index >= 15 is 0 Å². The van der Waals surface area contributed by atoms with E-state index in [9.17, 15) is 4.79 Å². The lowest BCUT2D eigenvalue weighted by atomic mass is 10.1. The van der Waals surface area contributed by atoms with Gasteiger partial charge in [0, 0.05) is 13.1 Å². The van der Waals surface area contributed by atoms with Gasteiger partial charge in [-0.25, -0.2) is 4.98 Å². The first-order valence-corrected chi connectivity index (χ1v) is 9.87. The number of furan rings is 1. The van der Waals surface area contributed by atoms with E-state index in [0.29, 0.717) is 18.1 Å². The van der Waals surface area contributed by atoms with Gasteiger partial charge in [-0.05, 0) is 49.5 Å². The van der Waals surface area contributed by atoms with Crippen LogP contribution >= 0.6 is 11.3 Å². The average Bonchev–Trinajstić information content (AvgIpc) is 3.33. The Bertz CT molecular complexity index is 1060. The fraction of sp³-hybridized carbons (Fsp3) is 0.182. The van der Waals surface area contributed by atoms with Crippen molar-refractivity contribution >= 4 is 27.5 Å². The molecule has 0 aliphatic carbocycles. The number of carbonyl (C=O) groups excluding carboxylic acids is 1. The maximum Gasteiger partial charge on any atom is 0.287 e. The van der Waals surface area contributed by atoms with Crippen molar-refractivity contribution in [3.63, 3.8) is 0 Å². The number of amides is 1. The number of nitrogens with zero attached hydrogens (tertiary/aromatic N) is 2. The molecule has 6 heteroatoms. The highest BCUT2D eigenvalue weighted by molar-refractivity contribution is 7.21. The van der Waals surface area contributed by atoms with E-state index in [4.69, 9.17) is 4.42 Å². The lowest BCUT2D eigenvalue weighted by Gasteiger charge is -2.10. The normalized spacial score (nSPS) is 11.2. The van der Waals surface area contributed by atoms with Crippen molar-refractivity contribution in [2.75, 3.05) is 14.1 Å². The Kier molecular flexibility index (Phi) is 5.23. The maximum atomic E-state index is 12.4. The Morgan fingerprint density at radius 2 is 1.79 bits per heavy atom. The number of aromatic nitrogens is 1. The fourth-order valence-electron chi connectivity index (χ4n) is 2.95. The van der Waals surface area contributed by atoms with Crippen molar-refractivity contribution in [2.24, 2.45) is 0 Å². The first kappa shape index (κ1) is 18.4. The quantitative estimate of drug-likeness (QED) is 0.524. The molecule has 5 nitrogen and oxygen atoms in total. The Morgan fingerprint density at radius 1 is 1.04 bits per heavy atom. The zero-order chi connectivity index (χ0) is 19.5. The van der Waals surface area contributed by atoms with Crippen molar-refractivity contribution in [2.45, 2.75) is 13.1 Å². The monoisotopic (exact) mass is 391 g/mol. The van der Waals surface area contributed by atoms with Crippen LogP contribution in [0.5, 0.6) is 0 Å². The summed E-state index contributed by atoms with van der Waals surface area (Å²) in [6.07, 6.45) is 0. The molecule has 1 N–H and O–H groups in total. The summed E-state index contributed by atoms with van der Waals surface area (Å²) in [4.78, 5) is 19.1. The molecule has 2 aromatic heterocycles. The second kappa shape index (κ2) is 7.96. The molecule has 4 aromatic rings. The van der Waals surface area contributed by atoms with Crippen molar-refractivity contribution < 1.29 is 9.21 Å². The third kappa shape index (κ3) is 4.13. The molecule has 28 heavy (non-hydrogen) atoms. The number of fused-ring (bicyclic) bond motifs is 1. The molecule has 1 amide bonds. The standard InChI is InChI=1S/C22H21N3O2S/c1-25(2)14-16-9-7-15(8-10-16)13-23-21(26)18-11-12-19(27-18)22-24-17-5-3-4-6-20(17)28-22/h3-12H,13-14H2,1-2H3,(H,23,26). The van der Waals surface area contributed by atoms with Gasteiger partial charge in [-0.2, -0.15) is 0 Å². The molecule has 142 valence electrons. The van der Waals surface area contributed by atoms with Crippen molar-refractivity contribution in [1.29, 1.82) is 0 Å². The molecular formula is C22H21N3O2S. The van der Waals surface area contributed by atoms with E-state index < -0.39 is 0 Å². The minimum atomic E-state index is -0.232. The zero-order valence-electron chi connectivity index (χ0n) is 15.8. The summed E-state index contributed by atoms with van der Waals surface area (Å²) in [5.74, 6) is 0.669. The second-order valence-electron chi connectivity index (χ2n) is 6.89. The number of hydrogen-bond acceptors (Lipinski definition) is 5. The van der Waals surface area contributed by atoms with Gasteiger partial charge in [0.1, 0.15) is 0 Å². The summed E-state index contributed by atoms with van der Waals surface area (Å²) in [6, 6.07) is 19.7. The molecular weight excluding hydrogens is 370 g/mol. The van der Waals surface area contributed by atoms with Gasteiger partial charge < -0.3 is 14.6 Å². The molecule has 2 heterocycles. The topological polar surface area (TPSA) is 58.4 Å². The third-order valence-electron chi connectivity index (χ3n) is 4.31. The number of thiazole rings is 1. The van der Waals surface area contributed by atoms with Gasteiger partial charge in [-0.15, -0.1) is 11.3 Å². The number of nitrogens with one attached hydrogen (secondary N) is 1. The van der Waals surface area contributed by atoms with Crippen LogP contribution in [0.2, 0.25) is 0 Å². The Hall–Kier alpha value is -2.96. The summed E-state index contributed by atoms with van der Waals surface area (Å²) in [7, 11) is 4.08. The largest absolute Gasteiger partial charge is 0.448 e. The van der Waals surface area contributed by atoms with Crippen LogP contribution in [0.3, 0.4) is 0 Å². The highest BCUT2D eigenvalue weighted by atomic mass is 32.1. The molecule has 4 rings (SSSR count). The molecule has 0 saturated heterocycles. The molecule has 0 spiro atoms. The van der Waals surface area contributed by atoms with Crippen LogP contribution in [0, 0.1) is 0 Å². The molecule has 0 fully saturated rings. The number of para-hydroxylation sites is 1. The van der Waals surface area contributed by atoms with Crippen LogP contribution < -0.4 is 5.32 Å². The van der Waals surface area contributed by atoms with Crippen molar-refractivity contribution in [3.8, 4) is 10.8 Å². The fourth-order valence-corrected chi connectivity index (χ4v) is 3.88. The lowest BCUT2D eigenvalue weighted by Crippen LogP contribution is -2.22. The van der Waals surface area contributed by atoms with Crippen LogP contribution in [-0.2, 0) is 13.1 Å². The van der Waals surface area contributed by atoms with Crippen molar-refractivity contribution in [3.05, 3.63) is 77.6 Å². The van der Waals surface area contributed by atoms with Crippen LogP contribution in [0.4, 0.5) is 0 Å².